The van der Waals surface area contributed by atoms with Gasteiger partial charge in [0.15, 0.2) is 12.4 Å². The van der Waals surface area contributed by atoms with Crippen LogP contribution in [0.5, 0.6) is 5.75 Å². The Morgan fingerprint density at radius 1 is 1.22 bits per heavy atom. The third kappa shape index (κ3) is 5.22. The van der Waals surface area contributed by atoms with E-state index in [0.717, 1.165) is 0 Å². The number of hydrogen-bond donors (Lipinski definition) is 1. The van der Waals surface area contributed by atoms with E-state index in [4.69, 9.17) is 21.1 Å². The molecule has 0 unspecified atom stereocenters. The number of halogens is 1. The van der Waals surface area contributed by atoms with Gasteiger partial charge in [0, 0.05) is 22.8 Å². The van der Waals surface area contributed by atoms with Crippen LogP contribution in [0.1, 0.15) is 23.0 Å². The molecule has 3 aromatic rings. The molecule has 1 aromatic heterocycles. The Balaban J connectivity index is 1.79. The van der Waals surface area contributed by atoms with Gasteiger partial charge in [-0.1, -0.05) is 17.7 Å². The molecule has 0 fully saturated rings. The molecule has 0 spiro atoms. The lowest BCUT2D eigenvalue weighted by Gasteiger charge is -2.10. The zero-order chi connectivity index (χ0) is 23.3. The molecule has 0 aliphatic rings. The third-order valence-corrected chi connectivity index (χ3v) is 4.78. The van der Waals surface area contributed by atoms with E-state index in [1.54, 1.807) is 32.0 Å². The lowest BCUT2D eigenvalue weighted by Crippen LogP contribution is -2.21. The minimum absolute atomic E-state index is 0.0276. The molecule has 3 rings (SSSR count). The van der Waals surface area contributed by atoms with Crippen LogP contribution in [0.15, 0.2) is 48.7 Å². The summed E-state index contributed by atoms with van der Waals surface area (Å²) in [7, 11) is 0. The molecule has 11 heteroatoms. The van der Waals surface area contributed by atoms with Gasteiger partial charge in [-0.3, -0.25) is 14.9 Å². The summed E-state index contributed by atoms with van der Waals surface area (Å²) >= 11 is 6.06. The molecule has 1 amide bonds. The van der Waals surface area contributed by atoms with Gasteiger partial charge in [0.05, 0.1) is 23.4 Å². The number of aromatic nitrogens is 2. The number of nitrogens with zero attached hydrogens (tertiary/aromatic N) is 3. The van der Waals surface area contributed by atoms with E-state index in [1.165, 1.54) is 35.1 Å². The van der Waals surface area contributed by atoms with Gasteiger partial charge in [-0.05, 0) is 43.7 Å². The number of esters is 1. The maximum atomic E-state index is 12.3. The van der Waals surface area contributed by atoms with Gasteiger partial charge in [0.1, 0.15) is 0 Å². The molecule has 0 atom stereocenters. The first-order chi connectivity index (χ1) is 15.3. The van der Waals surface area contributed by atoms with E-state index in [9.17, 15) is 19.7 Å². The van der Waals surface area contributed by atoms with Crippen molar-refractivity contribution in [2.24, 2.45) is 0 Å². The summed E-state index contributed by atoms with van der Waals surface area (Å²) in [6, 6.07) is 10.7. The van der Waals surface area contributed by atoms with E-state index in [1.807, 2.05) is 0 Å². The highest BCUT2D eigenvalue weighted by Gasteiger charge is 2.21. The van der Waals surface area contributed by atoms with E-state index in [-0.39, 0.29) is 23.7 Å². The number of hydrogen-bond acceptors (Lipinski definition) is 7. The number of carbonyl (C=O) groups excluding carboxylic acids is 2. The number of carbonyl (C=O) groups is 2. The van der Waals surface area contributed by atoms with Gasteiger partial charge in [-0.25, -0.2) is 9.48 Å². The highest BCUT2D eigenvalue weighted by atomic mass is 35.5. The number of non-ortho nitro benzene ring substituents is 1. The molecule has 2 aromatic carbocycles. The summed E-state index contributed by atoms with van der Waals surface area (Å²) in [5.41, 5.74) is 1.49. The lowest BCUT2D eigenvalue weighted by molar-refractivity contribution is -0.384. The first kappa shape index (κ1) is 22.8. The first-order valence-corrected chi connectivity index (χ1v) is 9.87. The second-order valence-electron chi connectivity index (χ2n) is 6.53. The average Bonchev–Trinajstić information content (AvgIpc) is 3.20. The van der Waals surface area contributed by atoms with Crippen molar-refractivity contribution in [3.63, 3.8) is 0 Å². The largest absolute Gasteiger partial charge is 0.480 e. The summed E-state index contributed by atoms with van der Waals surface area (Å²) in [6.07, 6.45) is 1.39. The van der Waals surface area contributed by atoms with E-state index in [2.05, 4.69) is 10.4 Å². The standard InChI is InChI=1S/C21H19ClN4O6/c1-3-31-21(28)20-18(11-25(24-20)14-7-9-15(10-8-14)26(29)30)32-12-19(27)23-17-6-4-5-16(22)13(17)2/h4-11H,3,12H2,1-2H3,(H,23,27). The van der Waals surface area contributed by atoms with Crippen LogP contribution in [0, 0.1) is 17.0 Å². The Morgan fingerprint density at radius 3 is 2.59 bits per heavy atom. The zero-order valence-corrected chi connectivity index (χ0v) is 18.0. The lowest BCUT2D eigenvalue weighted by atomic mass is 10.2. The molecule has 1 N–H and O–H groups in total. The average molecular weight is 459 g/mol. The molecule has 0 radical (unpaired) electrons. The molecule has 32 heavy (non-hydrogen) atoms. The normalized spacial score (nSPS) is 10.5. The number of rotatable bonds is 8. The maximum Gasteiger partial charge on any atom is 0.362 e. The predicted octanol–water partition coefficient (Wildman–Crippen LogP) is 3.94. The van der Waals surface area contributed by atoms with Crippen LogP contribution in [0.2, 0.25) is 5.02 Å². The number of ether oxygens (including phenoxy) is 2. The van der Waals surface area contributed by atoms with Crippen molar-refractivity contribution in [3.8, 4) is 11.4 Å². The van der Waals surface area contributed by atoms with E-state index < -0.39 is 23.4 Å². The van der Waals surface area contributed by atoms with Gasteiger partial charge in [-0.2, -0.15) is 5.10 Å². The fraction of sp³-hybridized carbons (Fsp3) is 0.190. The minimum Gasteiger partial charge on any atom is -0.480 e. The van der Waals surface area contributed by atoms with Crippen molar-refractivity contribution >= 4 is 34.9 Å². The number of nitrogens with one attached hydrogen (secondary N) is 1. The van der Waals surface area contributed by atoms with Crippen molar-refractivity contribution in [2.75, 3.05) is 18.5 Å². The third-order valence-electron chi connectivity index (χ3n) is 4.38. The molecule has 166 valence electrons. The van der Waals surface area contributed by atoms with Crippen molar-refractivity contribution in [1.29, 1.82) is 0 Å². The Morgan fingerprint density at radius 2 is 1.94 bits per heavy atom. The smallest absolute Gasteiger partial charge is 0.362 e. The highest BCUT2D eigenvalue weighted by molar-refractivity contribution is 6.31. The summed E-state index contributed by atoms with van der Waals surface area (Å²) < 4.78 is 11.8. The summed E-state index contributed by atoms with van der Waals surface area (Å²) in [4.78, 5) is 35.0. The van der Waals surface area contributed by atoms with Crippen LogP contribution in [-0.4, -0.2) is 39.8 Å². The zero-order valence-electron chi connectivity index (χ0n) is 17.2. The Bertz CT molecular complexity index is 1160. The molecule has 0 saturated carbocycles. The molecule has 0 bridgehead atoms. The van der Waals surface area contributed by atoms with Crippen LogP contribution < -0.4 is 10.1 Å². The van der Waals surface area contributed by atoms with Gasteiger partial charge in [0.2, 0.25) is 5.69 Å². The van der Waals surface area contributed by atoms with Crippen LogP contribution in [0.4, 0.5) is 11.4 Å². The minimum atomic E-state index is -0.728. The first-order valence-electron chi connectivity index (χ1n) is 9.49. The molecule has 1 heterocycles. The fourth-order valence-electron chi connectivity index (χ4n) is 2.74. The highest BCUT2D eigenvalue weighted by Crippen LogP contribution is 2.24. The van der Waals surface area contributed by atoms with Crippen molar-refractivity contribution in [1.82, 2.24) is 9.78 Å². The fourth-order valence-corrected chi connectivity index (χ4v) is 2.91. The van der Waals surface area contributed by atoms with Crippen LogP contribution in [-0.2, 0) is 9.53 Å². The van der Waals surface area contributed by atoms with Crippen LogP contribution >= 0.6 is 11.6 Å². The molecule has 10 nitrogen and oxygen atoms in total. The van der Waals surface area contributed by atoms with Gasteiger partial charge in [0.25, 0.3) is 11.6 Å². The van der Waals surface area contributed by atoms with Crippen molar-refractivity contribution in [3.05, 3.63) is 75.1 Å². The number of nitro benzene ring substituents is 1. The number of nitro groups is 1. The quantitative estimate of drug-likeness (QED) is 0.308. The van der Waals surface area contributed by atoms with Crippen molar-refractivity contribution in [2.45, 2.75) is 13.8 Å². The molecular formula is C21H19ClN4O6. The van der Waals surface area contributed by atoms with Gasteiger partial charge in [-0.15, -0.1) is 0 Å². The Hall–Kier alpha value is -3.92. The second kappa shape index (κ2) is 9.92. The van der Waals surface area contributed by atoms with E-state index >= 15 is 0 Å². The number of anilines is 1. The summed E-state index contributed by atoms with van der Waals surface area (Å²) in [6.45, 7) is 3.14. The van der Waals surface area contributed by atoms with Crippen LogP contribution in [0.25, 0.3) is 5.69 Å². The summed E-state index contributed by atoms with van der Waals surface area (Å²) in [5.74, 6) is -1.16. The maximum absolute atomic E-state index is 12.3. The Kier molecular flexibility index (Phi) is 7.06. The number of benzene rings is 2. The second-order valence-corrected chi connectivity index (χ2v) is 6.94. The van der Waals surface area contributed by atoms with Crippen LogP contribution in [0.3, 0.4) is 0 Å². The van der Waals surface area contributed by atoms with E-state index in [0.29, 0.717) is 22.0 Å². The molecule has 0 aliphatic carbocycles. The molecular weight excluding hydrogens is 440 g/mol. The predicted molar refractivity (Wildman–Crippen MR) is 116 cm³/mol. The van der Waals surface area contributed by atoms with Crippen molar-refractivity contribution < 1.29 is 24.0 Å². The topological polar surface area (TPSA) is 126 Å². The Labute approximate surface area is 187 Å². The van der Waals surface area contributed by atoms with Gasteiger partial charge < -0.3 is 14.8 Å². The molecule has 0 aliphatic heterocycles. The summed E-state index contributed by atoms with van der Waals surface area (Å²) in [5, 5.41) is 18.2. The number of amides is 1. The monoisotopic (exact) mass is 458 g/mol. The molecule has 0 saturated heterocycles. The van der Waals surface area contributed by atoms with Gasteiger partial charge >= 0.3 is 5.97 Å². The SMILES string of the molecule is CCOC(=O)c1nn(-c2ccc([N+](=O)[O-])cc2)cc1OCC(=O)Nc1cccc(Cl)c1C.